The Morgan fingerprint density at radius 3 is 2.70 bits per heavy atom. The first-order valence-corrected chi connectivity index (χ1v) is 15.7. The first-order valence-electron chi connectivity index (χ1n) is 15.3. The molecule has 9 heteroatoms. The van der Waals surface area contributed by atoms with Crippen LogP contribution in [0.5, 0.6) is 5.75 Å². The molecule has 0 bridgehead atoms. The van der Waals surface area contributed by atoms with Crippen molar-refractivity contribution in [2.45, 2.75) is 44.6 Å². The third kappa shape index (κ3) is 11.5. The number of benzene rings is 2. The molecule has 43 heavy (non-hydrogen) atoms. The Hall–Kier alpha value is -3.64. The third-order valence-electron chi connectivity index (χ3n) is 7.67. The highest BCUT2D eigenvalue weighted by atomic mass is 35.5. The zero-order valence-corrected chi connectivity index (χ0v) is 26.0. The van der Waals surface area contributed by atoms with Gasteiger partial charge in [-0.1, -0.05) is 48.4 Å². The number of likely N-dealkylation sites (tertiary alicyclic amines) is 1. The Morgan fingerprint density at radius 2 is 1.93 bits per heavy atom. The van der Waals surface area contributed by atoms with Crippen molar-refractivity contribution in [1.82, 2.24) is 25.4 Å². The van der Waals surface area contributed by atoms with Crippen LogP contribution in [0.15, 0.2) is 77.9 Å². The van der Waals surface area contributed by atoms with E-state index in [0.717, 1.165) is 48.9 Å². The summed E-state index contributed by atoms with van der Waals surface area (Å²) in [6.45, 7) is 6.85. The lowest BCUT2D eigenvalue weighted by molar-refractivity contribution is 0.220. The number of aromatic nitrogens is 1. The fraction of sp³-hybridized carbons (Fsp3) is 0.441. The van der Waals surface area contributed by atoms with Gasteiger partial charge in [0.05, 0.1) is 6.61 Å². The van der Waals surface area contributed by atoms with Gasteiger partial charge >= 0.3 is 0 Å². The zero-order valence-electron chi connectivity index (χ0n) is 25.2. The number of pyridine rings is 1. The summed E-state index contributed by atoms with van der Waals surface area (Å²) in [5, 5.41) is 15.9. The molecule has 0 saturated carbocycles. The summed E-state index contributed by atoms with van der Waals surface area (Å²) < 4.78 is 5.99. The Kier molecular flexibility index (Phi) is 13.6. The van der Waals surface area contributed by atoms with Gasteiger partial charge in [0.2, 0.25) is 5.96 Å². The van der Waals surface area contributed by atoms with Crippen molar-refractivity contribution in [3.8, 4) is 11.9 Å². The van der Waals surface area contributed by atoms with Crippen LogP contribution in [-0.4, -0.2) is 73.7 Å². The second kappa shape index (κ2) is 18.1. The highest BCUT2D eigenvalue weighted by Crippen LogP contribution is 2.27. The molecule has 1 atom stereocenters. The fourth-order valence-corrected chi connectivity index (χ4v) is 5.46. The minimum atomic E-state index is 0.186. The number of nitrogens with one attached hydrogen (secondary N) is 2. The molecule has 1 aliphatic rings. The number of ether oxygens (including phenoxy) is 1. The number of nitrogens with zero attached hydrogens (tertiary/aromatic N) is 5. The van der Waals surface area contributed by atoms with Gasteiger partial charge < -0.3 is 15.0 Å². The minimum absolute atomic E-state index is 0.186. The summed E-state index contributed by atoms with van der Waals surface area (Å²) in [5.41, 5.74) is 3.55. The molecule has 1 fully saturated rings. The molecular formula is C34H44ClN7O. The van der Waals surface area contributed by atoms with Gasteiger partial charge in [0, 0.05) is 55.4 Å². The summed E-state index contributed by atoms with van der Waals surface area (Å²) in [6.07, 6.45) is 9.45. The predicted molar refractivity (Wildman–Crippen MR) is 174 cm³/mol. The van der Waals surface area contributed by atoms with E-state index in [1.54, 1.807) is 0 Å². The van der Waals surface area contributed by atoms with Crippen LogP contribution in [-0.2, 0) is 6.54 Å². The SMILES string of the molecule is CN(CCNC(=NCCCOc1cccc(CN2CCCCC2)c1)NC#N)CCC(c1ccc(Cl)cc1)c1ccccn1. The highest BCUT2D eigenvalue weighted by molar-refractivity contribution is 6.30. The van der Waals surface area contributed by atoms with Gasteiger partial charge in [-0.3, -0.25) is 20.2 Å². The van der Waals surface area contributed by atoms with E-state index >= 15 is 0 Å². The molecule has 0 aliphatic carbocycles. The van der Waals surface area contributed by atoms with E-state index in [0.29, 0.717) is 25.7 Å². The first-order chi connectivity index (χ1) is 21.1. The lowest BCUT2D eigenvalue weighted by Crippen LogP contribution is -2.39. The van der Waals surface area contributed by atoms with Gasteiger partial charge in [-0.2, -0.15) is 5.26 Å². The van der Waals surface area contributed by atoms with Crippen molar-refractivity contribution in [3.63, 3.8) is 0 Å². The number of likely N-dealkylation sites (N-methyl/N-ethyl adjacent to an activating group) is 1. The molecular weight excluding hydrogens is 558 g/mol. The van der Waals surface area contributed by atoms with Crippen LogP contribution in [0.2, 0.25) is 5.02 Å². The maximum atomic E-state index is 9.18. The van der Waals surface area contributed by atoms with E-state index in [-0.39, 0.29) is 5.92 Å². The summed E-state index contributed by atoms with van der Waals surface area (Å²) in [4.78, 5) is 14.0. The molecule has 2 aromatic carbocycles. The fourth-order valence-electron chi connectivity index (χ4n) is 5.34. The first kappa shape index (κ1) is 32.3. The van der Waals surface area contributed by atoms with Crippen LogP contribution in [0.3, 0.4) is 0 Å². The van der Waals surface area contributed by atoms with Gasteiger partial charge in [0.1, 0.15) is 5.75 Å². The average Bonchev–Trinajstić information content (AvgIpc) is 3.03. The Balaban J connectivity index is 1.17. The molecule has 2 heterocycles. The molecule has 2 N–H and O–H groups in total. The number of halogens is 1. The van der Waals surface area contributed by atoms with Gasteiger partial charge in [0.25, 0.3) is 0 Å². The molecule has 3 aromatic rings. The van der Waals surface area contributed by atoms with E-state index in [1.165, 1.54) is 43.5 Å². The molecule has 1 unspecified atom stereocenters. The maximum Gasteiger partial charge on any atom is 0.204 e. The van der Waals surface area contributed by atoms with Crippen molar-refractivity contribution < 1.29 is 4.74 Å². The van der Waals surface area contributed by atoms with E-state index in [1.807, 2.05) is 42.7 Å². The highest BCUT2D eigenvalue weighted by Gasteiger charge is 2.16. The zero-order chi connectivity index (χ0) is 30.1. The maximum absolute atomic E-state index is 9.18. The van der Waals surface area contributed by atoms with E-state index in [4.69, 9.17) is 16.3 Å². The lowest BCUT2D eigenvalue weighted by Gasteiger charge is -2.26. The monoisotopic (exact) mass is 601 g/mol. The van der Waals surface area contributed by atoms with Crippen LogP contribution in [0, 0.1) is 11.5 Å². The van der Waals surface area contributed by atoms with Crippen LogP contribution in [0.4, 0.5) is 0 Å². The smallest absolute Gasteiger partial charge is 0.204 e. The Morgan fingerprint density at radius 1 is 1.09 bits per heavy atom. The largest absolute Gasteiger partial charge is 0.494 e. The Labute approximate surface area is 261 Å². The average molecular weight is 602 g/mol. The van der Waals surface area contributed by atoms with Crippen molar-refractivity contribution in [1.29, 1.82) is 5.26 Å². The van der Waals surface area contributed by atoms with Crippen LogP contribution in [0.25, 0.3) is 0 Å². The van der Waals surface area contributed by atoms with E-state index in [2.05, 4.69) is 73.9 Å². The number of guanidine groups is 1. The summed E-state index contributed by atoms with van der Waals surface area (Å²) >= 11 is 6.13. The molecule has 228 valence electrons. The molecule has 0 amide bonds. The number of rotatable bonds is 15. The second-order valence-corrected chi connectivity index (χ2v) is 11.5. The topological polar surface area (TPSA) is 88.8 Å². The molecule has 8 nitrogen and oxygen atoms in total. The van der Waals surface area contributed by atoms with Crippen molar-refractivity contribution >= 4 is 17.6 Å². The third-order valence-corrected chi connectivity index (χ3v) is 7.92. The van der Waals surface area contributed by atoms with Gasteiger partial charge in [-0.25, -0.2) is 0 Å². The predicted octanol–water partition coefficient (Wildman–Crippen LogP) is 5.66. The van der Waals surface area contributed by atoms with Crippen LogP contribution < -0.4 is 15.4 Å². The standard InChI is InChI=1S/C34H44ClN7O/c1-41(22-16-32(33-11-3-4-17-37-33)29-12-14-30(35)15-13-29)23-19-39-34(40-27-36)38-18-8-24-43-31-10-7-9-28(25-31)26-42-20-5-2-6-21-42/h3-4,7,9-15,17,25,32H,2,5-6,8,16,18-24,26H2,1H3,(H2,38,39,40). The van der Waals surface area contributed by atoms with Crippen LogP contribution >= 0.6 is 11.6 Å². The summed E-state index contributed by atoms with van der Waals surface area (Å²) in [7, 11) is 2.10. The summed E-state index contributed by atoms with van der Waals surface area (Å²) in [5.74, 6) is 1.58. The lowest BCUT2D eigenvalue weighted by atomic mass is 9.92. The van der Waals surface area contributed by atoms with Crippen molar-refractivity contribution in [3.05, 3.63) is 94.8 Å². The molecule has 4 rings (SSSR count). The second-order valence-electron chi connectivity index (χ2n) is 11.0. The van der Waals surface area contributed by atoms with E-state index < -0.39 is 0 Å². The number of aliphatic imine (C=N–C) groups is 1. The number of hydrogen-bond donors (Lipinski definition) is 2. The van der Waals surface area contributed by atoms with Gasteiger partial charge in [-0.05, 0) is 93.5 Å². The molecule has 0 spiro atoms. The summed E-state index contributed by atoms with van der Waals surface area (Å²) in [6, 6.07) is 22.5. The number of hydrogen-bond acceptors (Lipinski definition) is 6. The molecule has 1 aliphatic heterocycles. The normalized spacial score (nSPS) is 14.7. The quantitative estimate of drug-likeness (QED) is 0.0764. The van der Waals surface area contributed by atoms with Crippen molar-refractivity contribution in [2.24, 2.45) is 4.99 Å². The van der Waals surface area contributed by atoms with Gasteiger partial charge in [0.15, 0.2) is 6.19 Å². The van der Waals surface area contributed by atoms with Crippen LogP contribution in [0.1, 0.15) is 54.8 Å². The minimum Gasteiger partial charge on any atom is -0.494 e. The number of nitriles is 1. The van der Waals surface area contributed by atoms with E-state index in [9.17, 15) is 5.26 Å². The number of piperidine rings is 1. The molecule has 0 radical (unpaired) electrons. The van der Waals surface area contributed by atoms with Crippen molar-refractivity contribution in [2.75, 3.05) is 52.9 Å². The Bertz CT molecular complexity index is 1290. The molecule has 1 saturated heterocycles. The van der Waals surface area contributed by atoms with Gasteiger partial charge in [-0.15, -0.1) is 0 Å². The molecule has 1 aromatic heterocycles.